The summed E-state index contributed by atoms with van der Waals surface area (Å²) < 4.78 is 1.61. The number of hydrogen-bond donors (Lipinski definition) is 2. The molecule has 0 spiro atoms. The van der Waals surface area contributed by atoms with Gasteiger partial charge in [0.15, 0.2) is 0 Å². The first-order valence-corrected chi connectivity index (χ1v) is 11.6. The van der Waals surface area contributed by atoms with Crippen molar-refractivity contribution in [3.8, 4) is 11.4 Å². The number of phenols is 1. The van der Waals surface area contributed by atoms with Crippen LogP contribution in [0.3, 0.4) is 0 Å². The van der Waals surface area contributed by atoms with E-state index in [0.717, 1.165) is 41.5 Å². The first kappa shape index (κ1) is 21.1. The first-order chi connectivity index (χ1) is 16.0. The molecule has 2 aromatic carbocycles. The van der Waals surface area contributed by atoms with Crippen LogP contribution in [0.2, 0.25) is 0 Å². The van der Waals surface area contributed by atoms with Crippen molar-refractivity contribution in [1.82, 2.24) is 15.0 Å². The molecular weight excluding hydrogens is 436 g/mol. The molecule has 1 aliphatic rings. The van der Waals surface area contributed by atoms with Crippen LogP contribution >= 0.6 is 11.3 Å². The van der Waals surface area contributed by atoms with Gasteiger partial charge in [0, 0.05) is 16.0 Å². The number of carbonyl (C=O) groups is 1. The summed E-state index contributed by atoms with van der Waals surface area (Å²) >= 11 is 1.64. The van der Waals surface area contributed by atoms with Gasteiger partial charge in [0.05, 0.1) is 17.3 Å². The average molecular weight is 459 g/mol. The number of fused-ring (bicyclic) bond motifs is 3. The number of hydrogen-bond acceptors (Lipinski definition) is 6. The Morgan fingerprint density at radius 3 is 2.70 bits per heavy atom. The number of nitrogens with zero attached hydrogens (tertiary/aromatic N) is 3. The molecule has 0 atom stereocenters. The summed E-state index contributed by atoms with van der Waals surface area (Å²) in [7, 11) is 0. The Hall–Kier alpha value is -3.78. The summed E-state index contributed by atoms with van der Waals surface area (Å²) in [6.45, 7) is 1.83. The van der Waals surface area contributed by atoms with E-state index in [4.69, 9.17) is 4.98 Å². The highest BCUT2D eigenvalue weighted by Crippen LogP contribution is 2.34. The third-order valence-corrected chi connectivity index (χ3v) is 7.04. The van der Waals surface area contributed by atoms with E-state index in [9.17, 15) is 14.7 Å². The van der Waals surface area contributed by atoms with Gasteiger partial charge in [0.25, 0.3) is 11.5 Å². The van der Waals surface area contributed by atoms with E-state index >= 15 is 0 Å². The number of phenolic OH excluding ortho intramolecular Hbond substituents is 1. The second kappa shape index (κ2) is 8.63. The normalized spacial score (nSPS) is 13.4. The van der Waals surface area contributed by atoms with Crippen molar-refractivity contribution in [2.45, 2.75) is 32.6 Å². The zero-order chi connectivity index (χ0) is 22.9. The van der Waals surface area contributed by atoms with Gasteiger partial charge in [0.2, 0.25) is 0 Å². The zero-order valence-electron chi connectivity index (χ0n) is 18.0. The van der Waals surface area contributed by atoms with Crippen molar-refractivity contribution in [2.24, 2.45) is 5.10 Å². The van der Waals surface area contributed by atoms with Gasteiger partial charge in [0.1, 0.15) is 16.4 Å². The van der Waals surface area contributed by atoms with Gasteiger partial charge in [-0.1, -0.05) is 12.1 Å². The average Bonchev–Trinajstić information content (AvgIpc) is 3.19. The molecule has 2 N–H and O–H groups in total. The van der Waals surface area contributed by atoms with Crippen LogP contribution in [0, 0.1) is 6.92 Å². The monoisotopic (exact) mass is 458 g/mol. The predicted molar refractivity (Wildman–Crippen MR) is 130 cm³/mol. The number of rotatable bonds is 4. The fourth-order valence-electron chi connectivity index (χ4n) is 4.19. The van der Waals surface area contributed by atoms with Gasteiger partial charge in [-0.25, -0.2) is 10.4 Å². The van der Waals surface area contributed by atoms with Gasteiger partial charge >= 0.3 is 0 Å². The van der Waals surface area contributed by atoms with Gasteiger partial charge in [-0.2, -0.15) is 5.10 Å². The van der Waals surface area contributed by atoms with E-state index in [1.165, 1.54) is 11.1 Å². The molecule has 0 fully saturated rings. The summed E-state index contributed by atoms with van der Waals surface area (Å²) in [5.41, 5.74) is 5.12. The van der Waals surface area contributed by atoms with Crippen LogP contribution in [-0.2, 0) is 12.8 Å². The minimum atomic E-state index is -0.391. The Labute approximate surface area is 194 Å². The third-order valence-electron chi connectivity index (χ3n) is 5.85. The van der Waals surface area contributed by atoms with E-state index < -0.39 is 5.91 Å². The van der Waals surface area contributed by atoms with Gasteiger partial charge in [-0.15, -0.1) is 11.3 Å². The van der Waals surface area contributed by atoms with Crippen molar-refractivity contribution in [3.05, 3.63) is 86.3 Å². The molecule has 0 radical (unpaired) electrons. The van der Waals surface area contributed by atoms with E-state index in [2.05, 4.69) is 10.5 Å². The Kier molecular flexibility index (Phi) is 5.51. The number of benzene rings is 2. The second-order valence-corrected chi connectivity index (χ2v) is 9.08. The number of amides is 1. The topological polar surface area (TPSA) is 96.6 Å². The largest absolute Gasteiger partial charge is 0.507 e. The lowest BCUT2D eigenvalue weighted by atomic mass is 9.97. The van der Waals surface area contributed by atoms with Gasteiger partial charge < -0.3 is 5.11 Å². The van der Waals surface area contributed by atoms with E-state index in [-0.39, 0.29) is 11.3 Å². The zero-order valence-corrected chi connectivity index (χ0v) is 18.9. The minimum absolute atomic E-state index is 0.0543. The fourth-order valence-corrected chi connectivity index (χ4v) is 5.49. The Balaban J connectivity index is 1.41. The van der Waals surface area contributed by atoms with E-state index in [0.29, 0.717) is 22.6 Å². The van der Waals surface area contributed by atoms with Crippen LogP contribution < -0.4 is 11.0 Å². The summed E-state index contributed by atoms with van der Waals surface area (Å²) in [6.07, 6.45) is 5.59. The number of aromatic hydroxyl groups is 1. The smallest absolute Gasteiger partial charge is 0.271 e. The molecule has 5 rings (SSSR count). The highest BCUT2D eigenvalue weighted by Gasteiger charge is 2.21. The molecule has 1 aliphatic carbocycles. The molecule has 2 aromatic heterocycles. The van der Waals surface area contributed by atoms with E-state index in [1.54, 1.807) is 64.4 Å². The number of aryl methyl sites for hydroxylation is 3. The number of aromatic nitrogens is 2. The number of para-hydroxylation sites is 1. The number of hydrazone groups is 1. The van der Waals surface area contributed by atoms with Crippen LogP contribution in [0.15, 0.2) is 58.4 Å². The second-order valence-electron chi connectivity index (χ2n) is 8.00. The van der Waals surface area contributed by atoms with Gasteiger partial charge in [-0.05, 0) is 74.6 Å². The molecular formula is C25H22N4O3S. The lowest BCUT2D eigenvalue weighted by Crippen LogP contribution is -2.23. The molecule has 166 valence electrons. The predicted octanol–water partition coefficient (Wildman–Crippen LogP) is 4.10. The summed E-state index contributed by atoms with van der Waals surface area (Å²) in [6, 6.07) is 13.5. The molecule has 0 aliphatic heterocycles. The molecule has 7 nitrogen and oxygen atoms in total. The quantitative estimate of drug-likeness (QED) is 0.355. The van der Waals surface area contributed by atoms with E-state index in [1.807, 2.05) is 6.92 Å². The Morgan fingerprint density at radius 2 is 1.91 bits per heavy atom. The summed E-state index contributed by atoms with van der Waals surface area (Å²) in [5, 5.41) is 14.4. The van der Waals surface area contributed by atoms with Crippen molar-refractivity contribution < 1.29 is 9.90 Å². The lowest BCUT2D eigenvalue weighted by molar-refractivity contribution is 0.0955. The van der Waals surface area contributed by atoms with Gasteiger partial charge in [-0.3, -0.25) is 14.2 Å². The number of nitrogens with one attached hydrogen (secondary N) is 1. The molecule has 4 aromatic rings. The van der Waals surface area contributed by atoms with Crippen LogP contribution in [0.25, 0.3) is 15.9 Å². The van der Waals surface area contributed by atoms with Crippen LogP contribution in [0.4, 0.5) is 0 Å². The van der Waals surface area contributed by atoms with Crippen LogP contribution in [0.1, 0.15) is 45.0 Å². The fraction of sp³-hybridized carbons (Fsp3) is 0.200. The van der Waals surface area contributed by atoms with Crippen LogP contribution in [0.5, 0.6) is 5.75 Å². The lowest BCUT2D eigenvalue weighted by Gasteiger charge is -2.12. The molecule has 33 heavy (non-hydrogen) atoms. The number of carbonyl (C=O) groups excluding carboxylic acids is 1. The molecule has 2 heterocycles. The summed E-state index contributed by atoms with van der Waals surface area (Å²) in [5.74, 6) is 0.312. The summed E-state index contributed by atoms with van der Waals surface area (Å²) in [4.78, 5) is 32.7. The Bertz CT molecular complexity index is 1450. The van der Waals surface area contributed by atoms with Crippen LogP contribution in [-0.4, -0.2) is 26.8 Å². The Morgan fingerprint density at radius 1 is 1.15 bits per heavy atom. The molecule has 0 bridgehead atoms. The molecule has 1 amide bonds. The third kappa shape index (κ3) is 3.93. The molecule has 0 unspecified atom stereocenters. The molecule has 0 saturated carbocycles. The molecule has 0 saturated heterocycles. The van der Waals surface area contributed by atoms with Crippen molar-refractivity contribution in [2.75, 3.05) is 0 Å². The maximum Gasteiger partial charge on any atom is 0.271 e. The standard InChI is InChI=1S/C25H22N4O3S/c1-15-27-24-22(19-7-3-5-9-21(19)33-24)25(32)29(15)18-12-10-16(11-13-18)23(31)28-26-14-17-6-2-4-8-20(17)30/h2,4,6,8,10-14,30H,3,5,7,9H2,1H3,(H,28,31)/b26-14-. The maximum atomic E-state index is 13.4. The highest BCUT2D eigenvalue weighted by molar-refractivity contribution is 7.18. The highest BCUT2D eigenvalue weighted by atomic mass is 32.1. The minimum Gasteiger partial charge on any atom is -0.507 e. The maximum absolute atomic E-state index is 13.4. The first-order valence-electron chi connectivity index (χ1n) is 10.8. The number of thiophene rings is 1. The van der Waals surface area contributed by atoms with Crippen molar-refractivity contribution in [1.29, 1.82) is 0 Å². The van der Waals surface area contributed by atoms with Crippen molar-refractivity contribution >= 4 is 33.7 Å². The SMILES string of the molecule is Cc1nc2sc3c(c2c(=O)n1-c1ccc(C(=O)N/N=C\c2ccccc2O)cc1)CCCC3. The van der Waals surface area contributed by atoms with Crippen molar-refractivity contribution in [3.63, 3.8) is 0 Å². The molecule has 8 heteroatoms.